The first-order valence-electron chi connectivity index (χ1n) is 8.95. The van der Waals surface area contributed by atoms with Gasteiger partial charge in [0.25, 0.3) is 5.56 Å². The number of hydrogen-bond donors (Lipinski definition) is 2. The molecular formula is C20H17N3O6S. The third-order valence-corrected chi connectivity index (χ3v) is 5.66. The molecule has 0 unspecified atom stereocenters. The third kappa shape index (κ3) is 3.07. The Morgan fingerprint density at radius 3 is 2.57 bits per heavy atom. The van der Waals surface area contributed by atoms with E-state index in [1.807, 2.05) is 0 Å². The normalized spacial score (nSPS) is 16.6. The highest BCUT2D eigenvalue weighted by Gasteiger charge is 2.40. The van der Waals surface area contributed by atoms with Crippen LogP contribution >= 0.6 is 11.3 Å². The van der Waals surface area contributed by atoms with Crippen molar-refractivity contribution < 1.29 is 23.2 Å². The number of amides is 1. The number of thiazole rings is 1. The lowest BCUT2D eigenvalue weighted by Gasteiger charge is -2.24. The molecule has 4 N–H and O–H groups in total. The van der Waals surface area contributed by atoms with Crippen LogP contribution in [-0.4, -0.2) is 23.1 Å². The fourth-order valence-corrected chi connectivity index (χ4v) is 4.50. The van der Waals surface area contributed by atoms with E-state index >= 15 is 0 Å². The summed E-state index contributed by atoms with van der Waals surface area (Å²) in [5, 5.41) is 0. The van der Waals surface area contributed by atoms with Gasteiger partial charge in [0.2, 0.25) is 5.91 Å². The van der Waals surface area contributed by atoms with Gasteiger partial charge in [-0.25, -0.2) is 4.79 Å². The number of nitrogens with two attached hydrogens (primary N) is 2. The molecule has 0 radical (unpaired) electrons. The van der Waals surface area contributed by atoms with Crippen molar-refractivity contribution in [2.45, 2.75) is 12.8 Å². The van der Waals surface area contributed by atoms with Gasteiger partial charge in [0.05, 0.1) is 40.7 Å². The van der Waals surface area contributed by atoms with Gasteiger partial charge in [-0.3, -0.25) is 14.2 Å². The molecular weight excluding hydrogens is 410 g/mol. The number of furan rings is 2. The minimum absolute atomic E-state index is 0.0170. The summed E-state index contributed by atoms with van der Waals surface area (Å²) in [6, 6.07) is 6.56. The van der Waals surface area contributed by atoms with Crippen molar-refractivity contribution in [3.63, 3.8) is 0 Å². The zero-order chi connectivity index (χ0) is 21.4. The van der Waals surface area contributed by atoms with Gasteiger partial charge in [-0.2, -0.15) is 0 Å². The Kier molecular flexibility index (Phi) is 4.92. The zero-order valence-corrected chi connectivity index (χ0v) is 16.6. The minimum atomic E-state index is -1.01. The zero-order valence-electron chi connectivity index (χ0n) is 15.8. The Hall–Kier alpha value is -3.79. The van der Waals surface area contributed by atoms with Gasteiger partial charge in [-0.05, 0) is 31.2 Å². The predicted molar refractivity (Wildman–Crippen MR) is 108 cm³/mol. The molecule has 0 saturated heterocycles. The average Bonchev–Trinajstić information content (AvgIpc) is 3.44. The number of esters is 1. The second-order valence-corrected chi connectivity index (χ2v) is 7.35. The third-order valence-electron chi connectivity index (χ3n) is 4.55. The summed E-state index contributed by atoms with van der Waals surface area (Å²) < 4.78 is 17.4. The van der Waals surface area contributed by atoms with Gasteiger partial charge in [0.1, 0.15) is 22.0 Å². The molecule has 1 atom stereocenters. The van der Waals surface area contributed by atoms with Crippen molar-refractivity contribution in [2.24, 2.45) is 11.5 Å². The molecule has 4 heterocycles. The lowest BCUT2D eigenvalue weighted by Crippen LogP contribution is -2.42. The van der Waals surface area contributed by atoms with Gasteiger partial charge in [-0.15, -0.1) is 11.3 Å². The highest BCUT2D eigenvalue weighted by molar-refractivity contribution is 7.07. The van der Waals surface area contributed by atoms with E-state index in [9.17, 15) is 14.4 Å². The predicted octanol–water partition coefficient (Wildman–Crippen LogP) is 0.0484. The van der Waals surface area contributed by atoms with Crippen LogP contribution in [0.2, 0.25) is 0 Å². The monoisotopic (exact) mass is 427 g/mol. The van der Waals surface area contributed by atoms with Gasteiger partial charge in [0, 0.05) is 6.08 Å². The summed E-state index contributed by atoms with van der Waals surface area (Å²) >= 11 is 1.02. The van der Waals surface area contributed by atoms with Crippen LogP contribution in [0.15, 0.2) is 56.0 Å². The largest absolute Gasteiger partial charge is 0.468 e. The molecule has 1 aliphatic rings. The van der Waals surface area contributed by atoms with E-state index in [1.165, 1.54) is 18.6 Å². The van der Waals surface area contributed by atoms with Gasteiger partial charge in [-0.1, -0.05) is 0 Å². The topological polar surface area (TPSA) is 144 Å². The lowest BCUT2D eigenvalue weighted by molar-refractivity contribution is -0.138. The molecule has 0 bridgehead atoms. The molecule has 0 fully saturated rings. The van der Waals surface area contributed by atoms with E-state index in [0.717, 1.165) is 15.9 Å². The van der Waals surface area contributed by atoms with E-state index in [-0.39, 0.29) is 38.5 Å². The maximum atomic E-state index is 13.1. The van der Waals surface area contributed by atoms with Crippen LogP contribution in [0, 0.1) is 0 Å². The molecule has 30 heavy (non-hydrogen) atoms. The second-order valence-electron chi connectivity index (χ2n) is 6.32. The summed E-state index contributed by atoms with van der Waals surface area (Å²) in [5.41, 5.74) is 11.4. The molecule has 3 aromatic rings. The van der Waals surface area contributed by atoms with Crippen molar-refractivity contribution in [1.29, 1.82) is 0 Å². The molecule has 10 heteroatoms. The smallest absolute Gasteiger partial charge is 0.338 e. The van der Waals surface area contributed by atoms with Crippen LogP contribution in [0.5, 0.6) is 0 Å². The quantitative estimate of drug-likeness (QED) is 0.548. The number of hydrogen-bond acceptors (Lipinski definition) is 8. The second kappa shape index (κ2) is 7.56. The van der Waals surface area contributed by atoms with Crippen molar-refractivity contribution in [3.05, 3.63) is 73.4 Å². The number of aromatic nitrogens is 1. The standard InChI is InChI=1S/C20H17N3O6S/c1-2-27-20(26)14-13(11-6-4-8-29-11)15(17(22)24)19-23(16(14)21)18(25)12(30-19)9-10-5-3-7-28-10/h3-9,13H,2,21H2,1H3,(H2,22,24)/b12-9-/t13-/m1/s1. The summed E-state index contributed by atoms with van der Waals surface area (Å²) in [5.74, 6) is -2.01. The molecule has 1 aliphatic heterocycles. The fraction of sp³-hybridized carbons (Fsp3) is 0.150. The number of ether oxygens (including phenoxy) is 1. The van der Waals surface area contributed by atoms with E-state index in [0.29, 0.717) is 5.76 Å². The number of primary amides is 1. The molecule has 0 aromatic carbocycles. The maximum absolute atomic E-state index is 13.1. The van der Waals surface area contributed by atoms with Crippen LogP contribution in [0.4, 0.5) is 0 Å². The number of fused-ring (bicyclic) bond motifs is 1. The van der Waals surface area contributed by atoms with Crippen molar-refractivity contribution in [1.82, 2.24) is 4.57 Å². The van der Waals surface area contributed by atoms with Crippen molar-refractivity contribution in [2.75, 3.05) is 6.61 Å². The summed E-state index contributed by atoms with van der Waals surface area (Å²) in [7, 11) is 0. The number of rotatable bonds is 5. The Bertz CT molecular complexity index is 1330. The lowest BCUT2D eigenvalue weighted by atomic mass is 9.86. The highest BCUT2D eigenvalue weighted by Crippen LogP contribution is 2.37. The Labute approximate surface area is 173 Å². The van der Waals surface area contributed by atoms with Gasteiger partial charge < -0.3 is 25.0 Å². The minimum Gasteiger partial charge on any atom is -0.468 e. The summed E-state index contributed by atoms with van der Waals surface area (Å²) in [4.78, 5) is 38.3. The van der Waals surface area contributed by atoms with Gasteiger partial charge in [0.15, 0.2) is 0 Å². The first kappa shape index (κ1) is 19.5. The van der Waals surface area contributed by atoms with Gasteiger partial charge >= 0.3 is 5.97 Å². The molecule has 1 amide bonds. The first-order valence-corrected chi connectivity index (χ1v) is 9.77. The van der Waals surface area contributed by atoms with Crippen LogP contribution in [0.25, 0.3) is 17.5 Å². The number of nitrogens with zero attached hydrogens (tertiary/aromatic N) is 1. The first-order chi connectivity index (χ1) is 14.4. The van der Waals surface area contributed by atoms with Crippen molar-refractivity contribution in [3.8, 4) is 0 Å². The summed E-state index contributed by atoms with van der Waals surface area (Å²) in [6.45, 7) is 1.71. The van der Waals surface area contributed by atoms with Crippen LogP contribution < -0.4 is 26.2 Å². The average molecular weight is 427 g/mol. The molecule has 0 spiro atoms. The van der Waals surface area contributed by atoms with Crippen molar-refractivity contribution >= 4 is 40.7 Å². The Morgan fingerprint density at radius 2 is 1.97 bits per heavy atom. The molecule has 0 saturated carbocycles. The number of carbonyl (C=O) groups is 2. The van der Waals surface area contributed by atoms with E-state index in [4.69, 9.17) is 25.0 Å². The molecule has 9 nitrogen and oxygen atoms in total. The Balaban J connectivity index is 2.11. The molecule has 154 valence electrons. The highest BCUT2D eigenvalue weighted by atomic mass is 32.1. The van der Waals surface area contributed by atoms with Crippen LogP contribution in [0.1, 0.15) is 24.4 Å². The Morgan fingerprint density at radius 1 is 1.23 bits per heavy atom. The van der Waals surface area contributed by atoms with E-state index in [2.05, 4.69) is 0 Å². The molecule has 3 aromatic heterocycles. The maximum Gasteiger partial charge on any atom is 0.338 e. The van der Waals surface area contributed by atoms with E-state index in [1.54, 1.807) is 31.2 Å². The molecule has 4 rings (SSSR count). The summed E-state index contributed by atoms with van der Waals surface area (Å²) in [6.07, 6.45) is 4.40. The van der Waals surface area contributed by atoms with E-state index < -0.39 is 23.4 Å². The van der Waals surface area contributed by atoms with Crippen LogP contribution in [-0.2, 0) is 14.3 Å². The number of carbonyl (C=O) groups excluding carboxylic acids is 2. The SMILES string of the molecule is CCOC(=O)C1=C(N)n2c(s/c(=C\c3ccco3)c2=O)=C(C(N)=O)[C@@H]1c1ccco1. The fourth-order valence-electron chi connectivity index (χ4n) is 3.34. The molecule has 0 aliphatic carbocycles. The van der Waals surface area contributed by atoms with Crippen LogP contribution in [0.3, 0.4) is 0 Å².